The van der Waals surface area contributed by atoms with Gasteiger partial charge < -0.3 is 20.1 Å². The van der Waals surface area contributed by atoms with E-state index in [9.17, 15) is 9.59 Å². The number of hydrogen-bond donors (Lipinski definition) is 2. The lowest BCUT2D eigenvalue weighted by Crippen LogP contribution is -2.29. The highest BCUT2D eigenvalue weighted by Crippen LogP contribution is 2.23. The van der Waals surface area contributed by atoms with E-state index in [0.717, 1.165) is 0 Å². The first kappa shape index (κ1) is 16.4. The van der Waals surface area contributed by atoms with Gasteiger partial charge in [-0.05, 0) is 43.3 Å². The molecule has 2 aromatic carbocycles. The molecule has 0 aliphatic heterocycles. The molecule has 0 aliphatic carbocycles. The van der Waals surface area contributed by atoms with Gasteiger partial charge in [0.1, 0.15) is 11.5 Å². The number of carbonyl (C=O) groups excluding carboxylic acids is 2. The number of methoxy groups -OCH3 is 1. The Morgan fingerprint density at radius 3 is 2.26 bits per heavy atom. The second-order valence-electron chi connectivity index (χ2n) is 4.57. The van der Waals surface area contributed by atoms with Gasteiger partial charge in [0.05, 0.1) is 19.4 Å². The third kappa shape index (κ3) is 4.47. The molecule has 0 radical (unpaired) electrons. The van der Waals surface area contributed by atoms with Gasteiger partial charge in [-0.2, -0.15) is 0 Å². The summed E-state index contributed by atoms with van der Waals surface area (Å²) in [6.07, 6.45) is 0. The van der Waals surface area contributed by atoms with E-state index in [2.05, 4.69) is 10.6 Å². The zero-order valence-corrected chi connectivity index (χ0v) is 13.0. The monoisotopic (exact) mass is 314 g/mol. The van der Waals surface area contributed by atoms with E-state index in [0.29, 0.717) is 29.5 Å². The van der Waals surface area contributed by atoms with E-state index in [-0.39, 0.29) is 0 Å². The van der Waals surface area contributed by atoms with E-state index < -0.39 is 11.8 Å². The normalized spacial score (nSPS) is 9.83. The van der Waals surface area contributed by atoms with Crippen molar-refractivity contribution in [3.8, 4) is 11.5 Å². The van der Waals surface area contributed by atoms with Gasteiger partial charge in [-0.3, -0.25) is 9.59 Å². The van der Waals surface area contributed by atoms with Crippen LogP contribution in [0.5, 0.6) is 11.5 Å². The Kier molecular flexibility index (Phi) is 5.57. The van der Waals surface area contributed by atoms with Crippen molar-refractivity contribution >= 4 is 23.2 Å². The molecule has 0 saturated heterocycles. The lowest BCUT2D eigenvalue weighted by Gasteiger charge is -2.10. The van der Waals surface area contributed by atoms with Crippen molar-refractivity contribution in [2.45, 2.75) is 6.92 Å². The highest BCUT2D eigenvalue weighted by molar-refractivity contribution is 6.43. The summed E-state index contributed by atoms with van der Waals surface area (Å²) in [7, 11) is 1.49. The van der Waals surface area contributed by atoms with Crippen LogP contribution in [-0.4, -0.2) is 25.5 Å². The Balaban J connectivity index is 1.98. The van der Waals surface area contributed by atoms with Crippen LogP contribution >= 0.6 is 0 Å². The topological polar surface area (TPSA) is 76.7 Å². The van der Waals surface area contributed by atoms with Crippen molar-refractivity contribution in [2.75, 3.05) is 24.4 Å². The first-order chi connectivity index (χ1) is 11.1. The summed E-state index contributed by atoms with van der Waals surface area (Å²) in [5, 5.41) is 5.03. The minimum absolute atomic E-state index is 0.432. The Hall–Kier alpha value is -3.02. The van der Waals surface area contributed by atoms with Crippen LogP contribution in [0.15, 0.2) is 48.5 Å². The molecule has 0 atom stereocenters. The fourth-order valence-electron chi connectivity index (χ4n) is 1.92. The van der Waals surface area contributed by atoms with Crippen molar-refractivity contribution in [1.29, 1.82) is 0 Å². The molecule has 2 amide bonds. The lowest BCUT2D eigenvalue weighted by atomic mass is 10.3. The first-order valence-corrected chi connectivity index (χ1v) is 7.12. The Morgan fingerprint density at radius 2 is 1.61 bits per heavy atom. The summed E-state index contributed by atoms with van der Waals surface area (Å²) in [5.74, 6) is -0.359. The number of anilines is 2. The SMILES string of the molecule is CCOc1ccc(NC(=O)C(=O)Nc2ccccc2OC)cc1. The number of rotatable bonds is 5. The van der Waals surface area contributed by atoms with E-state index in [1.54, 1.807) is 48.5 Å². The Morgan fingerprint density at radius 1 is 0.957 bits per heavy atom. The number of carbonyl (C=O) groups is 2. The molecule has 6 heteroatoms. The largest absolute Gasteiger partial charge is 0.495 e. The third-order valence-corrected chi connectivity index (χ3v) is 2.98. The molecule has 0 fully saturated rings. The van der Waals surface area contributed by atoms with Gasteiger partial charge in [0.15, 0.2) is 0 Å². The van der Waals surface area contributed by atoms with Gasteiger partial charge in [-0.15, -0.1) is 0 Å². The molecule has 23 heavy (non-hydrogen) atoms. The van der Waals surface area contributed by atoms with Gasteiger partial charge in [0, 0.05) is 5.69 Å². The molecule has 6 nitrogen and oxygen atoms in total. The predicted octanol–water partition coefficient (Wildman–Crippen LogP) is 2.67. The van der Waals surface area contributed by atoms with Gasteiger partial charge in [-0.1, -0.05) is 12.1 Å². The van der Waals surface area contributed by atoms with Crippen molar-refractivity contribution in [3.63, 3.8) is 0 Å². The molecular formula is C17H18N2O4. The number of para-hydroxylation sites is 2. The summed E-state index contributed by atoms with van der Waals surface area (Å²) in [6.45, 7) is 2.45. The Labute approximate surface area is 134 Å². The zero-order valence-electron chi connectivity index (χ0n) is 13.0. The standard InChI is InChI=1S/C17H18N2O4/c1-3-23-13-10-8-12(9-11-13)18-16(20)17(21)19-14-6-4-5-7-15(14)22-2/h4-11H,3H2,1-2H3,(H,18,20)(H,19,21). The highest BCUT2D eigenvalue weighted by Gasteiger charge is 2.15. The predicted molar refractivity (Wildman–Crippen MR) is 87.9 cm³/mol. The Bertz CT molecular complexity index is 683. The van der Waals surface area contributed by atoms with Crippen molar-refractivity contribution in [3.05, 3.63) is 48.5 Å². The number of amides is 2. The van der Waals surface area contributed by atoms with Gasteiger partial charge in [0.2, 0.25) is 0 Å². The average Bonchev–Trinajstić information content (AvgIpc) is 2.57. The van der Waals surface area contributed by atoms with E-state index >= 15 is 0 Å². The van der Waals surface area contributed by atoms with E-state index in [4.69, 9.17) is 9.47 Å². The van der Waals surface area contributed by atoms with Crippen molar-refractivity contribution in [1.82, 2.24) is 0 Å². The molecule has 0 aromatic heterocycles. The van der Waals surface area contributed by atoms with Crippen LogP contribution in [0.3, 0.4) is 0 Å². The minimum Gasteiger partial charge on any atom is -0.495 e. The minimum atomic E-state index is -0.775. The maximum atomic E-state index is 12.0. The lowest BCUT2D eigenvalue weighted by molar-refractivity contribution is -0.133. The zero-order chi connectivity index (χ0) is 16.7. The number of benzene rings is 2. The summed E-state index contributed by atoms with van der Waals surface area (Å²) in [6, 6.07) is 13.6. The van der Waals surface area contributed by atoms with E-state index in [1.165, 1.54) is 7.11 Å². The molecule has 0 unspecified atom stereocenters. The second kappa shape index (κ2) is 7.84. The fourth-order valence-corrected chi connectivity index (χ4v) is 1.92. The average molecular weight is 314 g/mol. The molecular weight excluding hydrogens is 296 g/mol. The summed E-state index contributed by atoms with van der Waals surface area (Å²) >= 11 is 0. The highest BCUT2D eigenvalue weighted by atomic mass is 16.5. The molecule has 0 bridgehead atoms. The molecule has 0 saturated carbocycles. The summed E-state index contributed by atoms with van der Waals surface area (Å²) < 4.78 is 10.4. The van der Waals surface area contributed by atoms with Crippen LogP contribution in [0.1, 0.15) is 6.92 Å². The molecule has 0 heterocycles. The summed E-state index contributed by atoms with van der Waals surface area (Å²) in [5.41, 5.74) is 0.940. The third-order valence-electron chi connectivity index (χ3n) is 2.98. The molecule has 2 aromatic rings. The van der Waals surface area contributed by atoms with Crippen molar-refractivity contribution < 1.29 is 19.1 Å². The second-order valence-corrected chi connectivity index (χ2v) is 4.57. The van der Waals surface area contributed by atoms with Gasteiger partial charge in [0.25, 0.3) is 0 Å². The van der Waals surface area contributed by atoms with Gasteiger partial charge in [-0.25, -0.2) is 0 Å². The van der Waals surface area contributed by atoms with Crippen LogP contribution in [-0.2, 0) is 9.59 Å². The maximum Gasteiger partial charge on any atom is 0.314 e. The van der Waals surface area contributed by atoms with Crippen molar-refractivity contribution in [2.24, 2.45) is 0 Å². The molecule has 0 spiro atoms. The summed E-state index contributed by atoms with van der Waals surface area (Å²) in [4.78, 5) is 23.9. The number of nitrogens with one attached hydrogen (secondary N) is 2. The molecule has 2 N–H and O–H groups in total. The fraction of sp³-hybridized carbons (Fsp3) is 0.176. The van der Waals surface area contributed by atoms with Crippen LogP contribution in [0.2, 0.25) is 0 Å². The first-order valence-electron chi connectivity index (χ1n) is 7.12. The quantitative estimate of drug-likeness (QED) is 0.832. The molecule has 0 aliphatic rings. The van der Waals surface area contributed by atoms with Crippen LogP contribution in [0, 0.1) is 0 Å². The smallest absolute Gasteiger partial charge is 0.314 e. The van der Waals surface area contributed by atoms with Crippen LogP contribution < -0.4 is 20.1 Å². The molecule has 2 rings (SSSR count). The number of hydrogen-bond acceptors (Lipinski definition) is 4. The maximum absolute atomic E-state index is 12.0. The number of ether oxygens (including phenoxy) is 2. The van der Waals surface area contributed by atoms with Crippen LogP contribution in [0.25, 0.3) is 0 Å². The molecule has 120 valence electrons. The van der Waals surface area contributed by atoms with E-state index in [1.807, 2.05) is 6.92 Å². The van der Waals surface area contributed by atoms with Crippen LogP contribution in [0.4, 0.5) is 11.4 Å². The van der Waals surface area contributed by atoms with Gasteiger partial charge >= 0.3 is 11.8 Å².